The second-order valence-electron chi connectivity index (χ2n) is 5.65. The third-order valence-electron chi connectivity index (χ3n) is 4.52. The molecule has 1 aromatic carbocycles. The van der Waals surface area contributed by atoms with Crippen molar-refractivity contribution in [3.63, 3.8) is 0 Å². The van der Waals surface area contributed by atoms with Crippen LogP contribution in [0.5, 0.6) is 0 Å². The van der Waals surface area contributed by atoms with E-state index in [0.717, 1.165) is 11.6 Å². The summed E-state index contributed by atoms with van der Waals surface area (Å²) < 4.78 is 0. The monoisotopic (exact) mass is 254 g/mol. The fourth-order valence-corrected chi connectivity index (χ4v) is 3.36. The molecule has 0 spiro atoms. The van der Waals surface area contributed by atoms with Crippen LogP contribution >= 0.6 is 0 Å². The van der Waals surface area contributed by atoms with Crippen molar-refractivity contribution in [1.29, 1.82) is 0 Å². The molecule has 0 amide bonds. The van der Waals surface area contributed by atoms with Crippen LogP contribution in [-0.4, -0.2) is 37.1 Å². The van der Waals surface area contributed by atoms with Crippen LogP contribution in [0.1, 0.15) is 31.2 Å². The Balaban J connectivity index is 1.58. The van der Waals surface area contributed by atoms with Gasteiger partial charge in [0, 0.05) is 30.4 Å². The van der Waals surface area contributed by atoms with Gasteiger partial charge >= 0.3 is 0 Å². The lowest BCUT2D eigenvalue weighted by atomic mass is 10.0. The summed E-state index contributed by atoms with van der Waals surface area (Å²) in [6.07, 6.45) is 10.8. The molecule has 0 bridgehead atoms. The van der Waals surface area contributed by atoms with E-state index in [0.29, 0.717) is 0 Å². The summed E-state index contributed by atoms with van der Waals surface area (Å²) in [7, 11) is 0. The van der Waals surface area contributed by atoms with Crippen molar-refractivity contribution in [2.24, 2.45) is 0 Å². The van der Waals surface area contributed by atoms with E-state index in [1.54, 1.807) is 0 Å². The van der Waals surface area contributed by atoms with Crippen LogP contribution in [0.25, 0.3) is 0 Å². The van der Waals surface area contributed by atoms with E-state index in [9.17, 15) is 0 Å². The molecule has 0 unspecified atom stereocenters. The first-order valence-electron chi connectivity index (χ1n) is 7.42. The lowest BCUT2D eigenvalue weighted by Gasteiger charge is -2.37. The van der Waals surface area contributed by atoms with E-state index in [2.05, 4.69) is 27.9 Å². The van der Waals surface area contributed by atoms with E-state index in [1.165, 1.54) is 57.5 Å². The summed E-state index contributed by atoms with van der Waals surface area (Å²) in [5.41, 5.74) is 2.29. The van der Waals surface area contributed by atoms with Gasteiger partial charge < -0.3 is 9.80 Å². The molecule has 2 heterocycles. The summed E-state index contributed by atoms with van der Waals surface area (Å²) in [5.74, 6) is 2.68. The quantitative estimate of drug-likeness (QED) is 0.749. The molecule has 2 aliphatic rings. The van der Waals surface area contributed by atoms with Crippen LogP contribution in [0.15, 0.2) is 24.3 Å². The van der Waals surface area contributed by atoms with E-state index in [-0.39, 0.29) is 0 Å². The molecule has 2 nitrogen and oxygen atoms in total. The molecular formula is C17H22N2. The number of anilines is 1. The summed E-state index contributed by atoms with van der Waals surface area (Å²) in [6.45, 7) is 5.00. The average molecular weight is 254 g/mol. The molecule has 0 aromatic heterocycles. The minimum Gasteiger partial charge on any atom is -0.371 e. The Labute approximate surface area is 116 Å². The van der Waals surface area contributed by atoms with Gasteiger partial charge in [0.05, 0.1) is 0 Å². The third kappa shape index (κ3) is 2.77. The number of rotatable bonds is 2. The smallest absolute Gasteiger partial charge is 0.0367 e. The molecule has 100 valence electrons. The van der Waals surface area contributed by atoms with Gasteiger partial charge in [0.25, 0.3) is 0 Å². The topological polar surface area (TPSA) is 6.48 Å². The van der Waals surface area contributed by atoms with Crippen LogP contribution in [0.2, 0.25) is 0 Å². The highest BCUT2D eigenvalue weighted by Gasteiger charge is 2.26. The Bertz CT molecular complexity index is 443. The van der Waals surface area contributed by atoms with Crippen LogP contribution in [0.4, 0.5) is 5.69 Å². The first-order chi connectivity index (χ1) is 9.36. The van der Waals surface area contributed by atoms with E-state index < -0.39 is 0 Å². The molecular weight excluding hydrogens is 232 g/mol. The number of benzene rings is 1. The predicted molar refractivity (Wildman–Crippen MR) is 80.4 cm³/mol. The molecule has 3 rings (SSSR count). The maximum absolute atomic E-state index is 5.40. The summed E-state index contributed by atoms with van der Waals surface area (Å²) in [6, 6.07) is 9.23. The fraction of sp³-hybridized carbons (Fsp3) is 0.529. The molecule has 0 atom stereocenters. The lowest BCUT2D eigenvalue weighted by molar-refractivity contribution is 0.208. The van der Waals surface area contributed by atoms with Crippen molar-refractivity contribution < 1.29 is 0 Å². The maximum Gasteiger partial charge on any atom is 0.0367 e. The Morgan fingerprint density at radius 2 is 1.58 bits per heavy atom. The second kappa shape index (κ2) is 5.67. The van der Waals surface area contributed by atoms with E-state index in [4.69, 9.17) is 6.42 Å². The number of hydrogen-bond donors (Lipinski definition) is 0. The Kier molecular flexibility index (Phi) is 3.75. The fourth-order valence-electron chi connectivity index (χ4n) is 3.36. The van der Waals surface area contributed by atoms with Gasteiger partial charge in [-0.15, -0.1) is 6.42 Å². The average Bonchev–Trinajstić information content (AvgIpc) is 3.02. The summed E-state index contributed by atoms with van der Waals surface area (Å²) in [4.78, 5) is 5.19. The van der Waals surface area contributed by atoms with Gasteiger partial charge in [-0.05, 0) is 63.0 Å². The zero-order valence-corrected chi connectivity index (χ0v) is 11.5. The molecule has 2 fully saturated rings. The number of hydrogen-bond acceptors (Lipinski definition) is 2. The molecule has 0 aliphatic carbocycles. The molecule has 0 radical (unpaired) electrons. The largest absolute Gasteiger partial charge is 0.371 e. The van der Waals surface area contributed by atoms with E-state index in [1.807, 2.05) is 12.1 Å². The molecule has 0 N–H and O–H groups in total. The van der Waals surface area contributed by atoms with Gasteiger partial charge in [0.15, 0.2) is 0 Å². The highest BCUT2D eigenvalue weighted by atomic mass is 15.2. The van der Waals surface area contributed by atoms with Gasteiger partial charge in [-0.1, -0.05) is 5.92 Å². The number of terminal acetylenes is 1. The van der Waals surface area contributed by atoms with E-state index >= 15 is 0 Å². The van der Waals surface area contributed by atoms with Crippen molar-refractivity contribution in [1.82, 2.24) is 4.90 Å². The van der Waals surface area contributed by atoms with Crippen LogP contribution < -0.4 is 4.90 Å². The number of likely N-dealkylation sites (tertiary alicyclic amines) is 1. The maximum atomic E-state index is 5.40. The van der Waals surface area contributed by atoms with Gasteiger partial charge in [0.1, 0.15) is 0 Å². The second-order valence-corrected chi connectivity index (χ2v) is 5.65. The Hall–Kier alpha value is -1.46. The molecule has 2 aliphatic heterocycles. The summed E-state index contributed by atoms with van der Waals surface area (Å²) in [5, 5.41) is 0. The highest BCUT2D eigenvalue weighted by molar-refractivity contribution is 5.50. The highest BCUT2D eigenvalue weighted by Crippen LogP contribution is 2.24. The first kappa shape index (κ1) is 12.6. The molecule has 0 saturated carbocycles. The first-order valence-corrected chi connectivity index (χ1v) is 7.42. The Morgan fingerprint density at radius 1 is 0.947 bits per heavy atom. The predicted octanol–water partition coefficient (Wildman–Crippen LogP) is 2.73. The van der Waals surface area contributed by atoms with Crippen molar-refractivity contribution >= 4 is 5.69 Å². The van der Waals surface area contributed by atoms with Gasteiger partial charge in [-0.25, -0.2) is 0 Å². The third-order valence-corrected chi connectivity index (χ3v) is 4.52. The molecule has 1 aromatic rings. The van der Waals surface area contributed by atoms with Crippen LogP contribution in [0, 0.1) is 12.3 Å². The van der Waals surface area contributed by atoms with Crippen molar-refractivity contribution in [3.05, 3.63) is 29.8 Å². The van der Waals surface area contributed by atoms with Gasteiger partial charge in [0.2, 0.25) is 0 Å². The van der Waals surface area contributed by atoms with Crippen molar-refractivity contribution in [2.75, 3.05) is 31.1 Å². The molecule has 19 heavy (non-hydrogen) atoms. The standard InChI is InChI=1S/C17H22N2/c1-2-15-5-7-16(8-6-15)19-13-9-17(10-14-19)18-11-3-4-12-18/h1,5-8,17H,3-4,9-14H2. The number of nitrogens with zero attached hydrogens (tertiary/aromatic N) is 2. The van der Waals surface area contributed by atoms with Crippen LogP contribution in [0.3, 0.4) is 0 Å². The van der Waals surface area contributed by atoms with Crippen molar-refractivity contribution in [2.45, 2.75) is 31.7 Å². The SMILES string of the molecule is C#Cc1ccc(N2CCC(N3CCCC3)CC2)cc1. The van der Waals surface area contributed by atoms with Crippen molar-refractivity contribution in [3.8, 4) is 12.3 Å². The number of piperidine rings is 1. The normalized spacial score (nSPS) is 21.5. The Morgan fingerprint density at radius 3 is 2.16 bits per heavy atom. The lowest BCUT2D eigenvalue weighted by Crippen LogP contribution is -2.43. The van der Waals surface area contributed by atoms with Gasteiger partial charge in [-0.2, -0.15) is 0 Å². The summed E-state index contributed by atoms with van der Waals surface area (Å²) >= 11 is 0. The zero-order valence-electron chi connectivity index (χ0n) is 11.5. The van der Waals surface area contributed by atoms with Gasteiger partial charge in [-0.3, -0.25) is 0 Å². The molecule has 2 saturated heterocycles. The zero-order chi connectivity index (χ0) is 13.1. The van der Waals surface area contributed by atoms with Crippen LogP contribution in [-0.2, 0) is 0 Å². The minimum atomic E-state index is 0.823. The minimum absolute atomic E-state index is 0.823. The molecule has 2 heteroatoms.